The number of carbonyl (C=O) groups is 1. The minimum atomic E-state index is -0.117. The van der Waals surface area contributed by atoms with Gasteiger partial charge in [-0.25, -0.2) is 0 Å². The second kappa shape index (κ2) is 8.65. The summed E-state index contributed by atoms with van der Waals surface area (Å²) in [6.07, 6.45) is 0.796. The highest BCUT2D eigenvalue weighted by Crippen LogP contribution is 2.39. The van der Waals surface area contributed by atoms with Crippen LogP contribution in [0.1, 0.15) is 24.0 Å². The van der Waals surface area contributed by atoms with Crippen LogP contribution in [-0.2, 0) is 11.2 Å². The molecule has 2 atom stereocenters. The molecular formula is C23H30N2O3. The van der Waals surface area contributed by atoms with Crippen molar-refractivity contribution < 1.29 is 14.3 Å². The van der Waals surface area contributed by atoms with Crippen LogP contribution < -0.4 is 14.4 Å². The number of hydrogen-bond donors (Lipinski definition) is 0. The second-order valence-corrected chi connectivity index (χ2v) is 7.66. The molecule has 150 valence electrons. The zero-order valence-corrected chi connectivity index (χ0v) is 17.4. The van der Waals surface area contributed by atoms with Crippen LogP contribution in [0.4, 0.5) is 5.69 Å². The van der Waals surface area contributed by atoms with Gasteiger partial charge in [0.15, 0.2) is 0 Å². The SMILES string of the molecule is COc1ccc([C@H]2Cc3cc(OC)ccc3N(CCN(C)C)C(=O)[C@H]2C)cc1. The minimum Gasteiger partial charge on any atom is -0.497 e. The lowest BCUT2D eigenvalue weighted by molar-refractivity contribution is -0.122. The molecule has 0 bridgehead atoms. The second-order valence-electron chi connectivity index (χ2n) is 7.66. The summed E-state index contributed by atoms with van der Waals surface area (Å²) in [6, 6.07) is 14.1. The lowest BCUT2D eigenvalue weighted by Gasteiger charge is -2.27. The smallest absolute Gasteiger partial charge is 0.230 e. The normalized spacial score (nSPS) is 19.4. The molecule has 0 N–H and O–H groups in total. The third kappa shape index (κ3) is 4.14. The fourth-order valence-electron chi connectivity index (χ4n) is 3.85. The van der Waals surface area contributed by atoms with Crippen molar-refractivity contribution in [3.63, 3.8) is 0 Å². The number of amides is 1. The number of rotatable bonds is 6. The van der Waals surface area contributed by atoms with Crippen molar-refractivity contribution in [1.29, 1.82) is 0 Å². The number of fused-ring (bicyclic) bond motifs is 1. The predicted molar refractivity (Wildman–Crippen MR) is 113 cm³/mol. The van der Waals surface area contributed by atoms with Crippen molar-refractivity contribution in [3.8, 4) is 11.5 Å². The molecule has 0 saturated heterocycles. The first-order valence-electron chi connectivity index (χ1n) is 9.71. The fourth-order valence-corrected chi connectivity index (χ4v) is 3.85. The summed E-state index contributed by atoms with van der Waals surface area (Å²) < 4.78 is 10.7. The van der Waals surface area contributed by atoms with E-state index in [-0.39, 0.29) is 17.7 Å². The first-order valence-corrected chi connectivity index (χ1v) is 9.71. The summed E-state index contributed by atoms with van der Waals surface area (Å²) in [5.74, 6) is 1.81. The van der Waals surface area contributed by atoms with Gasteiger partial charge in [0.2, 0.25) is 5.91 Å². The Labute approximate surface area is 167 Å². The first kappa shape index (κ1) is 20.2. The number of hydrogen-bond acceptors (Lipinski definition) is 4. The topological polar surface area (TPSA) is 42.0 Å². The Morgan fingerprint density at radius 1 is 1.04 bits per heavy atom. The highest BCUT2D eigenvalue weighted by atomic mass is 16.5. The van der Waals surface area contributed by atoms with E-state index < -0.39 is 0 Å². The molecule has 1 aliphatic rings. The number of methoxy groups -OCH3 is 2. The molecule has 0 aliphatic carbocycles. The van der Waals surface area contributed by atoms with Gasteiger partial charge in [-0.15, -0.1) is 0 Å². The molecule has 0 radical (unpaired) electrons. The zero-order chi connectivity index (χ0) is 20.3. The summed E-state index contributed by atoms with van der Waals surface area (Å²) in [6.45, 7) is 3.53. The predicted octanol–water partition coefficient (Wildman–Crippen LogP) is 3.57. The van der Waals surface area contributed by atoms with E-state index in [0.29, 0.717) is 6.54 Å². The molecule has 5 heteroatoms. The molecule has 5 nitrogen and oxygen atoms in total. The Kier molecular flexibility index (Phi) is 6.25. The standard InChI is InChI=1S/C23H30N2O3/c1-16-21(17-6-8-19(27-4)9-7-17)15-18-14-20(28-5)10-11-22(18)25(23(16)26)13-12-24(2)3/h6-11,14,16,21H,12-13,15H2,1-5H3/t16-,21-/m0/s1. The first-order chi connectivity index (χ1) is 13.4. The van der Waals surface area contributed by atoms with E-state index in [9.17, 15) is 4.79 Å². The van der Waals surface area contributed by atoms with Gasteiger partial charge in [0.1, 0.15) is 11.5 Å². The van der Waals surface area contributed by atoms with Crippen molar-refractivity contribution in [1.82, 2.24) is 4.90 Å². The molecule has 0 aromatic heterocycles. The molecule has 1 amide bonds. The van der Waals surface area contributed by atoms with Gasteiger partial charge >= 0.3 is 0 Å². The van der Waals surface area contributed by atoms with Crippen LogP contribution in [0.2, 0.25) is 0 Å². The Balaban J connectivity index is 2.02. The average molecular weight is 383 g/mol. The Morgan fingerprint density at radius 3 is 2.29 bits per heavy atom. The van der Waals surface area contributed by atoms with Crippen LogP contribution >= 0.6 is 0 Å². The zero-order valence-electron chi connectivity index (χ0n) is 17.4. The number of likely N-dealkylation sites (N-methyl/N-ethyl adjacent to an activating group) is 1. The molecule has 1 aliphatic heterocycles. The number of ether oxygens (including phenoxy) is 2. The summed E-state index contributed by atoms with van der Waals surface area (Å²) in [4.78, 5) is 17.5. The lowest BCUT2D eigenvalue weighted by atomic mass is 9.83. The molecular weight excluding hydrogens is 352 g/mol. The highest BCUT2D eigenvalue weighted by molar-refractivity contribution is 5.97. The average Bonchev–Trinajstić information content (AvgIpc) is 2.81. The van der Waals surface area contributed by atoms with E-state index in [1.807, 2.05) is 50.2 Å². The Bertz CT molecular complexity index is 817. The van der Waals surface area contributed by atoms with Gasteiger partial charge in [-0.3, -0.25) is 4.79 Å². The summed E-state index contributed by atoms with van der Waals surface area (Å²) in [5, 5.41) is 0. The lowest BCUT2D eigenvalue weighted by Crippen LogP contribution is -2.40. The van der Waals surface area contributed by atoms with Gasteiger partial charge in [-0.2, -0.15) is 0 Å². The van der Waals surface area contributed by atoms with Crippen molar-refractivity contribution in [2.75, 3.05) is 46.3 Å². The van der Waals surface area contributed by atoms with Crippen molar-refractivity contribution in [2.24, 2.45) is 5.92 Å². The maximum absolute atomic E-state index is 13.4. The maximum Gasteiger partial charge on any atom is 0.230 e. The van der Waals surface area contributed by atoms with Crippen LogP contribution in [0.25, 0.3) is 0 Å². The van der Waals surface area contributed by atoms with Crippen molar-refractivity contribution >= 4 is 11.6 Å². The molecule has 3 rings (SSSR count). The van der Waals surface area contributed by atoms with Gasteiger partial charge in [0.25, 0.3) is 0 Å². The maximum atomic E-state index is 13.4. The molecule has 2 aromatic rings. The van der Waals surface area contributed by atoms with Gasteiger partial charge in [0, 0.05) is 24.7 Å². The summed E-state index contributed by atoms with van der Waals surface area (Å²) >= 11 is 0. The van der Waals surface area contributed by atoms with Crippen molar-refractivity contribution in [3.05, 3.63) is 53.6 Å². The van der Waals surface area contributed by atoms with Crippen LogP contribution in [0, 0.1) is 5.92 Å². The monoisotopic (exact) mass is 382 g/mol. The van der Waals surface area contributed by atoms with Crippen LogP contribution in [-0.4, -0.2) is 52.2 Å². The van der Waals surface area contributed by atoms with E-state index in [1.165, 1.54) is 0 Å². The minimum absolute atomic E-state index is 0.105. The number of benzene rings is 2. The quantitative estimate of drug-likeness (QED) is 0.766. The molecule has 0 saturated carbocycles. The van der Waals surface area contributed by atoms with Gasteiger partial charge < -0.3 is 19.3 Å². The van der Waals surface area contributed by atoms with E-state index in [4.69, 9.17) is 9.47 Å². The molecule has 1 heterocycles. The summed E-state index contributed by atoms with van der Waals surface area (Å²) in [7, 11) is 7.40. The molecule has 0 spiro atoms. The fraction of sp³-hybridized carbons (Fsp3) is 0.435. The Hall–Kier alpha value is -2.53. The number of anilines is 1. The number of nitrogens with zero attached hydrogens (tertiary/aromatic N) is 2. The van der Waals surface area contributed by atoms with Gasteiger partial charge in [0.05, 0.1) is 14.2 Å². The van der Waals surface area contributed by atoms with Crippen molar-refractivity contribution in [2.45, 2.75) is 19.3 Å². The highest BCUT2D eigenvalue weighted by Gasteiger charge is 2.35. The molecule has 2 aromatic carbocycles. The molecule has 28 heavy (non-hydrogen) atoms. The van der Waals surface area contributed by atoms with E-state index in [0.717, 1.165) is 41.3 Å². The van der Waals surface area contributed by atoms with E-state index >= 15 is 0 Å². The largest absolute Gasteiger partial charge is 0.497 e. The summed E-state index contributed by atoms with van der Waals surface area (Å²) in [5.41, 5.74) is 3.30. The van der Waals surface area contributed by atoms with Gasteiger partial charge in [-0.1, -0.05) is 19.1 Å². The van der Waals surface area contributed by atoms with E-state index in [1.54, 1.807) is 14.2 Å². The molecule has 0 unspecified atom stereocenters. The van der Waals surface area contributed by atoms with E-state index in [2.05, 4.69) is 23.1 Å². The third-order valence-corrected chi connectivity index (χ3v) is 5.59. The van der Waals surface area contributed by atoms with Gasteiger partial charge in [-0.05, 0) is 67.9 Å². The third-order valence-electron chi connectivity index (χ3n) is 5.59. The van der Waals surface area contributed by atoms with Crippen LogP contribution in [0.15, 0.2) is 42.5 Å². The number of carbonyl (C=O) groups excluding carboxylic acids is 1. The van der Waals surface area contributed by atoms with Crippen LogP contribution in [0.3, 0.4) is 0 Å². The molecule has 0 fully saturated rings. The van der Waals surface area contributed by atoms with Crippen LogP contribution in [0.5, 0.6) is 11.5 Å². The Morgan fingerprint density at radius 2 is 1.68 bits per heavy atom.